The zero-order chi connectivity index (χ0) is 23.4. The molecule has 0 amide bonds. The number of benzene rings is 2. The van der Waals surface area contributed by atoms with Crippen LogP contribution in [0.3, 0.4) is 0 Å². The Morgan fingerprint density at radius 2 is 1.76 bits per heavy atom. The minimum atomic E-state index is -0.724. The summed E-state index contributed by atoms with van der Waals surface area (Å²) in [5.74, 6) is -0.200. The summed E-state index contributed by atoms with van der Waals surface area (Å²) in [4.78, 5) is 11.3. The molecule has 4 rings (SSSR count). The third-order valence-electron chi connectivity index (χ3n) is 5.81. The maximum Gasteiger partial charge on any atom is 0.227 e. The summed E-state index contributed by atoms with van der Waals surface area (Å²) >= 11 is 0. The molecule has 2 aromatic heterocycles. The van der Waals surface area contributed by atoms with Gasteiger partial charge >= 0.3 is 0 Å². The molecule has 0 aliphatic carbocycles. The second kappa shape index (κ2) is 9.58. The van der Waals surface area contributed by atoms with Crippen LogP contribution in [0.25, 0.3) is 22.2 Å². The summed E-state index contributed by atoms with van der Waals surface area (Å²) in [6, 6.07) is 18.2. The molecular weight excluding hydrogens is 414 g/mol. The SMILES string of the molecule is CNCC(Nc1ccccc1Nc1nccc(-c2cn(C)c3ccccc23)n1)(OC)N(C)C. The van der Waals surface area contributed by atoms with Gasteiger partial charge in [-0.3, -0.25) is 4.90 Å². The second-order valence-corrected chi connectivity index (χ2v) is 8.15. The van der Waals surface area contributed by atoms with Gasteiger partial charge in [0.15, 0.2) is 0 Å². The highest BCUT2D eigenvalue weighted by atomic mass is 16.5. The molecule has 0 saturated heterocycles. The third kappa shape index (κ3) is 4.54. The summed E-state index contributed by atoms with van der Waals surface area (Å²) in [5.41, 5.74) is 4.84. The van der Waals surface area contributed by atoms with Gasteiger partial charge in [-0.1, -0.05) is 30.3 Å². The number of fused-ring (bicyclic) bond motifs is 1. The lowest BCUT2D eigenvalue weighted by molar-refractivity contribution is -0.0875. The molecule has 0 aliphatic rings. The van der Waals surface area contributed by atoms with Crippen molar-refractivity contribution >= 4 is 28.2 Å². The number of ether oxygens (including phenoxy) is 1. The minimum Gasteiger partial charge on any atom is -0.350 e. The highest BCUT2D eigenvalue weighted by Gasteiger charge is 2.32. The van der Waals surface area contributed by atoms with Gasteiger partial charge in [0.25, 0.3) is 0 Å². The molecule has 2 heterocycles. The van der Waals surface area contributed by atoms with Gasteiger partial charge < -0.3 is 25.3 Å². The summed E-state index contributed by atoms with van der Waals surface area (Å²) in [6.45, 7) is 0.581. The van der Waals surface area contributed by atoms with Crippen molar-refractivity contribution in [3.63, 3.8) is 0 Å². The van der Waals surface area contributed by atoms with E-state index in [1.54, 1.807) is 13.3 Å². The molecule has 1 atom stereocenters. The van der Waals surface area contributed by atoms with E-state index in [9.17, 15) is 0 Å². The van der Waals surface area contributed by atoms with Gasteiger partial charge in [0.1, 0.15) is 0 Å². The number of hydrogen-bond acceptors (Lipinski definition) is 7. The van der Waals surface area contributed by atoms with Crippen molar-refractivity contribution in [3.05, 3.63) is 67.0 Å². The smallest absolute Gasteiger partial charge is 0.227 e. The van der Waals surface area contributed by atoms with Gasteiger partial charge in [0.2, 0.25) is 11.8 Å². The van der Waals surface area contributed by atoms with E-state index < -0.39 is 5.85 Å². The molecular formula is C25H31N7O. The van der Waals surface area contributed by atoms with Crippen molar-refractivity contribution < 1.29 is 4.74 Å². The van der Waals surface area contributed by atoms with E-state index in [1.807, 2.05) is 75.6 Å². The highest BCUT2D eigenvalue weighted by molar-refractivity contribution is 5.95. The predicted octanol–water partition coefficient (Wildman–Crippen LogP) is 3.87. The Kier molecular flexibility index (Phi) is 6.60. The average molecular weight is 446 g/mol. The largest absolute Gasteiger partial charge is 0.350 e. The third-order valence-corrected chi connectivity index (χ3v) is 5.81. The van der Waals surface area contributed by atoms with E-state index in [2.05, 4.69) is 43.8 Å². The Labute approximate surface area is 194 Å². The van der Waals surface area contributed by atoms with Crippen molar-refractivity contribution in [2.45, 2.75) is 5.85 Å². The minimum absolute atomic E-state index is 0.524. The molecule has 1 unspecified atom stereocenters. The Balaban J connectivity index is 1.66. The summed E-state index contributed by atoms with van der Waals surface area (Å²) in [5, 5.41) is 11.3. The number of anilines is 3. The lowest BCUT2D eigenvalue weighted by Crippen LogP contribution is -2.58. The monoisotopic (exact) mass is 445 g/mol. The number of aryl methyl sites for hydroxylation is 1. The first-order chi connectivity index (χ1) is 16.0. The number of nitrogens with one attached hydrogen (secondary N) is 3. The molecule has 4 aromatic rings. The number of methoxy groups -OCH3 is 1. The first-order valence-corrected chi connectivity index (χ1v) is 10.9. The topological polar surface area (TPSA) is 79.3 Å². The molecule has 0 fully saturated rings. The summed E-state index contributed by atoms with van der Waals surface area (Å²) < 4.78 is 7.98. The fourth-order valence-electron chi connectivity index (χ4n) is 4.01. The number of aromatic nitrogens is 3. The number of nitrogens with zero attached hydrogens (tertiary/aromatic N) is 4. The molecule has 8 nitrogen and oxygen atoms in total. The Bertz CT molecular complexity index is 1240. The molecule has 8 heteroatoms. The maximum atomic E-state index is 5.86. The van der Waals surface area contributed by atoms with E-state index in [0.29, 0.717) is 12.5 Å². The fraction of sp³-hybridized carbons (Fsp3) is 0.280. The predicted molar refractivity (Wildman–Crippen MR) is 135 cm³/mol. The second-order valence-electron chi connectivity index (χ2n) is 8.15. The van der Waals surface area contributed by atoms with Crippen LogP contribution in [-0.2, 0) is 11.8 Å². The number of hydrogen-bond donors (Lipinski definition) is 3. The number of para-hydroxylation sites is 3. The van der Waals surface area contributed by atoms with Gasteiger partial charge in [0, 0.05) is 43.0 Å². The molecule has 0 bridgehead atoms. The van der Waals surface area contributed by atoms with Crippen molar-refractivity contribution in [1.29, 1.82) is 0 Å². The molecule has 172 valence electrons. The van der Waals surface area contributed by atoms with Crippen molar-refractivity contribution in [1.82, 2.24) is 24.8 Å². The Hall–Kier alpha value is -3.46. The van der Waals surface area contributed by atoms with Gasteiger partial charge in [-0.05, 0) is 45.4 Å². The average Bonchev–Trinajstić information content (AvgIpc) is 3.17. The van der Waals surface area contributed by atoms with E-state index in [1.165, 1.54) is 5.52 Å². The number of rotatable bonds is 9. The van der Waals surface area contributed by atoms with E-state index >= 15 is 0 Å². The van der Waals surface area contributed by atoms with Crippen LogP contribution >= 0.6 is 0 Å². The summed E-state index contributed by atoms with van der Waals surface area (Å²) in [7, 11) is 9.58. The Morgan fingerprint density at radius 3 is 2.48 bits per heavy atom. The van der Waals surface area contributed by atoms with E-state index in [-0.39, 0.29) is 0 Å². The first-order valence-electron chi connectivity index (χ1n) is 10.9. The first kappa shape index (κ1) is 22.7. The van der Waals surface area contributed by atoms with Crippen molar-refractivity contribution in [3.8, 4) is 11.3 Å². The molecule has 0 saturated carbocycles. The molecule has 0 radical (unpaired) electrons. The quantitative estimate of drug-likeness (QED) is 0.338. The standard InChI is InChI=1S/C25H31N7O/c1-26-17-25(33-5,31(2)3)30-22-12-8-7-11-21(22)29-24-27-15-14-20(28-24)19-16-32(4)23-13-9-6-10-18(19)23/h6-16,26,30H,17H2,1-5H3,(H,27,28,29). The molecule has 0 spiro atoms. The van der Waals surface area contributed by atoms with Crippen LogP contribution in [0.2, 0.25) is 0 Å². The van der Waals surface area contributed by atoms with Gasteiger partial charge in [-0.15, -0.1) is 0 Å². The normalized spacial score (nSPS) is 13.3. The van der Waals surface area contributed by atoms with Crippen LogP contribution in [0.4, 0.5) is 17.3 Å². The number of likely N-dealkylation sites (N-methyl/N-ethyl adjacent to an activating group) is 2. The van der Waals surface area contributed by atoms with Crippen molar-refractivity contribution in [2.75, 3.05) is 45.4 Å². The molecule has 2 aromatic carbocycles. The fourth-order valence-corrected chi connectivity index (χ4v) is 4.01. The zero-order valence-corrected chi connectivity index (χ0v) is 19.8. The van der Waals surface area contributed by atoms with Crippen LogP contribution in [0, 0.1) is 0 Å². The van der Waals surface area contributed by atoms with Crippen LogP contribution in [0.1, 0.15) is 0 Å². The van der Waals surface area contributed by atoms with Crippen molar-refractivity contribution in [2.24, 2.45) is 7.05 Å². The lowest BCUT2D eigenvalue weighted by Gasteiger charge is -2.40. The molecule has 3 N–H and O–H groups in total. The van der Waals surface area contributed by atoms with Crippen LogP contribution in [0.5, 0.6) is 0 Å². The van der Waals surface area contributed by atoms with Crippen LogP contribution in [0.15, 0.2) is 67.0 Å². The summed E-state index contributed by atoms with van der Waals surface area (Å²) in [6.07, 6.45) is 3.89. The maximum absolute atomic E-state index is 5.86. The van der Waals surface area contributed by atoms with Gasteiger partial charge in [-0.25, -0.2) is 9.97 Å². The Morgan fingerprint density at radius 1 is 1.03 bits per heavy atom. The van der Waals surface area contributed by atoms with Gasteiger partial charge in [-0.2, -0.15) is 0 Å². The van der Waals surface area contributed by atoms with E-state index in [4.69, 9.17) is 9.72 Å². The van der Waals surface area contributed by atoms with Crippen LogP contribution in [-0.4, -0.2) is 60.1 Å². The van der Waals surface area contributed by atoms with Gasteiger partial charge in [0.05, 0.1) is 23.6 Å². The molecule has 0 aliphatic heterocycles. The lowest BCUT2D eigenvalue weighted by atomic mass is 10.1. The van der Waals surface area contributed by atoms with E-state index in [0.717, 1.165) is 28.0 Å². The molecule has 33 heavy (non-hydrogen) atoms. The zero-order valence-electron chi connectivity index (χ0n) is 19.8. The highest BCUT2D eigenvalue weighted by Crippen LogP contribution is 2.31. The van der Waals surface area contributed by atoms with Crippen LogP contribution < -0.4 is 16.0 Å².